The molecule has 0 aliphatic heterocycles. The maximum atomic E-state index is 11.5. The van der Waals surface area contributed by atoms with Gasteiger partial charge in [-0.25, -0.2) is 0 Å². The van der Waals surface area contributed by atoms with E-state index in [4.69, 9.17) is 21.9 Å². The number of hydrogen-bond acceptors (Lipinski definition) is 8. The van der Waals surface area contributed by atoms with Crippen LogP contribution in [0, 0.1) is 44.9 Å². The second-order valence-electron chi connectivity index (χ2n) is 7.31. The van der Waals surface area contributed by atoms with Gasteiger partial charge < -0.3 is 0 Å². The summed E-state index contributed by atoms with van der Waals surface area (Å²) in [6.07, 6.45) is 9.03. The van der Waals surface area contributed by atoms with E-state index in [0.29, 0.717) is 0 Å². The number of nitrogens with zero attached hydrogens (tertiary/aromatic N) is 2. The Morgan fingerprint density at radius 1 is 1.03 bits per heavy atom. The monoisotopic (exact) mass is 484 g/mol. The first-order valence-corrected chi connectivity index (χ1v) is 12.3. The first-order chi connectivity index (χ1) is 16.0. The van der Waals surface area contributed by atoms with E-state index in [1.54, 1.807) is 7.57 Å². The number of hydrogen-bond donors (Lipinski definition) is 2. The number of benzene rings is 2. The second-order valence-corrected chi connectivity index (χ2v) is 10.5. The van der Waals surface area contributed by atoms with Crippen LogP contribution in [0.4, 0.5) is 11.4 Å². The van der Waals surface area contributed by atoms with Gasteiger partial charge in [0.15, 0.2) is 0 Å². The molecule has 34 heavy (non-hydrogen) atoms. The van der Waals surface area contributed by atoms with Crippen LogP contribution in [0.2, 0.25) is 0 Å². The molecule has 0 radical (unpaired) electrons. The summed E-state index contributed by atoms with van der Waals surface area (Å²) in [6, 6.07) is 7.88. The molecule has 12 heteroatoms. The molecule has 0 spiro atoms. The summed E-state index contributed by atoms with van der Waals surface area (Å²) in [6.45, 7) is 3.23. The van der Waals surface area contributed by atoms with Gasteiger partial charge in [-0.05, 0) is 0 Å². The molecule has 0 aromatic heterocycles. The molecule has 0 aliphatic carbocycles. The molecule has 2 aromatic rings. The predicted octanol–water partition coefficient (Wildman–Crippen LogP) is 2.84. The fraction of sp³-hybridized carbons (Fsp3) is 0.182. The maximum absolute atomic E-state index is 11.5. The first-order valence-electron chi connectivity index (χ1n) is 9.80. The van der Waals surface area contributed by atoms with Gasteiger partial charge in [0, 0.05) is 0 Å². The third-order valence-corrected chi connectivity index (χ3v) is 7.37. The fourth-order valence-electron chi connectivity index (χ4n) is 3.24. The van der Waals surface area contributed by atoms with Crippen molar-refractivity contribution in [2.24, 2.45) is 0 Å². The zero-order valence-corrected chi connectivity index (χ0v) is 19.2. The first kappa shape index (κ1) is 26.5. The van der Waals surface area contributed by atoms with Crippen LogP contribution in [0.5, 0.6) is 0 Å². The Hall–Kier alpha value is -3.73. The van der Waals surface area contributed by atoms with Crippen molar-refractivity contribution in [1.29, 1.82) is 0 Å². The van der Waals surface area contributed by atoms with E-state index in [9.17, 15) is 30.4 Å². The molecule has 0 aliphatic rings. The molecule has 2 unspecified atom stereocenters. The normalized spacial score (nSPS) is 13.1. The van der Waals surface area contributed by atoms with Crippen molar-refractivity contribution in [2.75, 3.05) is 0 Å². The molecule has 0 bridgehead atoms. The van der Waals surface area contributed by atoms with Gasteiger partial charge in [-0.2, -0.15) is 0 Å². The summed E-state index contributed by atoms with van der Waals surface area (Å²) in [5.74, 6) is 4.28. The number of terminal acetylenes is 2. The van der Waals surface area contributed by atoms with Crippen LogP contribution >= 0.6 is 7.59 Å². The van der Waals surface area contributed by atoms with Crippen molar-refractivity contribution >= 4 is 26.5 Å². The van der Waals surface area contributed by atoms with Gasteiger partial charge in [0.05, 0.1) is 0 Å². The Bertz CT molecular complexity index is 1190. The quantitative estimate of drug-likeness (QED) is 0.124. The minimum atomic E-state index is -3.31. The Morgan fingerprint density at radius 3 is 1.94 bits per heavy atom. The van der Waals surface area contributed by atoms with Crippen LogP contribution < -0.4 is 0 Å². The summed E-state index contributed by atoms with van der Waals surface area (Å²) < 4.78 is 11.6. The van der Waals surface area contributed by atoms with Gasteiger partial charge in [0.1, 0.15) is 0 Å². The Morgan fingerprint density at radius 2 is 1.50 bits per heavy atom. The molecule has 10 nitrogen and oxygen atoms in total. The van der Waals surface area contributed by atoms with Crippen molar-refractivity contribution in [3.05, 3.63) is 91.7 Å². The van der Waals surface area contributed by atoms with E-state index in [1.807, 2.05) is 0 Å². The van der Waals surface area contributed by atoms with Crippen LogP contribution in [0.1, 0.15) is 34.5 Å². The van der Waals surface area contributed by atoms with Gasteiger partial charge in [-0.1, -0.05) is 0 Å². The van der Waals surface area contributed by atoms with Crippen molar-refractivity contribution in [3.63, 3.8) is 0 Å². The molecule has 176 valence electrons. The molecule has 2 aromatic carbocycles. The molecular formula is C22H22BN2O8P. The van der Waals surface area contributed by atoms with Gasteiger partial charge in [-0.3, -0.25) is 0 Å². The topological polar surface area (TPSA) is 145 Å². The second kappa shape index (κ2) is 11.4. The van der Waals surface area contributed by atoms with E-state index < -0.39 is 29.6 Å². The fourth-order valence-corrected chi connectivity index (χ4v) is 5.28. The van der Waals surface area contributed by atoms with E-state index in [1.165, 1.54) is 36.4 Å². The van der Waals surface area contributed by atoms with Crippen LogP contribution in [-0.2, 0) is 21.8 Å². The number of nitro groups is 2. The summed E-state index contributed by atoms with van der Waals surface area (Å²) in [4.78, 5) is 21.8. The van der Waals surface area contributed by atoms with Crippen LogP contribution in [0.15, 0.2) is 49.2 Å². The molecule has 2 rings (SSSR count). The Kier molecular flexibility index (Phi) is 8.91. The zero-order valence-electron chi connectivity index (χ0n) is 18.2. The zero-order chi connectivity index (χ0) is 25.5. The van der Waals surface area contributed by atoms with Crippen molar-refractivity contribution in [3.8, 4) is 24.7 Å². The summed E-state index contributed by atoms with van der Waals surface area (Å²) in [7, 11) is -1.70. The molecule has 0 fully saturated rings. The molecular weight excluding hydrogens is 462 g/mol. The van der Waals surface area contributed by atoms with Gasteiger partial charge in [0.25, 0.3) is 0 Å². The Balaban J connectivity index is 2.43. The molecule has 0 amide bonds. The average molecular weight is 484 g/mol. The third kappa shape index (κ3) is 6.41. The van der Waals surface area contributed by atoms with E-state index in [2.05, 4.69) is 18.4 Å². The molecule has 0 heterocycles. The van der Waals surface area contributed by atoms with Crippen molar-refractivity contribution in [2.45, 2.75) is 25.0 Å². The van der Waals surface area contributed by atoms with Crippen LogP contribution in [-0.4, -0.2) is 27.6 Å². The van der Waals surface area contributed by atoms with Crippen LogP contribution in [0.25, 0.3) is 0 Å². The number of nitro benzene ring substituents is 2. The SMILES string of the molecule is B[PH](Cc1cc(C(O)C#C)ccc1[N+](=O)[O-])(OC=C)OCc1cc(C(O)C#C)ccc1[N+](=O)[O-]. The molecule has 0 saturated heterocycles. The van der Waals surface area contributed by atoms with E-state index >= 15 is 0 Å². The van der Waals surface area contributed by atoms with Gasteiger partial charge in [-0.15, -0.1) is 0 Å². The summed E-state index contributed by atoms with van der Waals surface area (Å²) in [5, 5.41) is 42.8. The standard InChI is InChI=1S/C22H22BN2O8P/c1-4-21(26)15-7-9-19(24(28)29)17(11-15)13-33-34(23,32-6-3)14-18-12-16(22(27)5-2)8-10-20(18)25(30)31/h1-2,6-12,21-22,26-27,34H,3,13-14,23H2. The predicted molar refractivity (Wildman–Crippen MR) is 130 cm³/mol. The number of aliphatic hydroxyl groups is 2. The number of aliphatic hydroxyl groups excluding tert-OH is 2. The van der Waals surface area contributed by atoms with Crippen molar-refractivity contribution < 1.29 is 29.1 Å². The van der Waals surface area contributed by atoms with E-state index in [-0.39, 0.29) is 46.4 Å². The molecule has 2 atom stereocenters. The van der Waals surface area contributed by atoms with Gasteiger partial charge >= 0.3 is 197 Å². The molecule has 2 N–H and O–H groups in total. The average Bonchev–Trinajstić information content (AvgIpc) is 2.81. The molecule has 0 saturated carbocycles. The van der Waals surface area contributed by atoms with E-state index in [0.717, 1.165) is 6.26 Å². The summed E-state index contributed by atoms with van der Waals surface area (Å²) in [5.41, 5.74) is 0.408. The summed E-state index contributed by atoms with van der Waals surface area (Å²) >= 11 is 0. The van der Waals surface area contributed by atoms with Crippen LogP contribution in [0.3, 0.4) is 0 Å². The Labute approximate surface area is 197 Å². The van der Waals surface area contributed by atoms with Gasteiger partial charge in [0.2, 0.25) is 0 Å². The number of rotatable bonds is 11. The minimum absolute atomic E-state index is 0.0546. The van der Waals surface area contributed by atoms with Crippen molar-refractivity contribution in [1.82, 2.24) is 0 Å². The third-order valence-electron chi connectivity index (χ3n) is 4.92.